The lowest BCUT2D eigenvalue weighted by Gasteiger charge is -2.34. The first-order valence-corrected chi connectivity index (χ1v) is 8.36. The van der Waals surface area contributed by atoms with Crippen LogP contribution in [0.25, 0.3) is 0 Å². The fourth-order valence-corrected chi connectivity index (χ4v) is 3.19. The molecule has 0 bridgehead atoms. The van der Waals surface area contributed by atoms with Crippen molar-refractivity contribution in [3.05, 3.63) is 34.9 Å². The second kappa shape index (κ2) is 6.76. The minimum atomic E-state index is -0.0524. The predicted octanol–water partition coefficient (Wildman–Crippen LogP) is 2.54. The first kappa shape index (κ1) is 16.7. The van der Waals surface area contributed by atoms with Gasteiger partial charge in [-0.1, -0.05) is 5.16 Å². The zero-order valence-electron chi connectivity index (χ0n) is 14.6. The Labute approximate surface area is 141 Å². The number of aromatic nitrogens is 2. The van der Waals surface area contributed by atoms with Gasteiger partial charge >= 0.3 is 0 Å². The summed E-state index contributed by atoms with van der Waals surface area (Å²) in [5.41, 5.74) is 0.629. The Balaban J connectivity index is 1.53. The number of aryl methyl sites for hydroxylation is 3. The van der Waals surface area contributed by atoms with Crippen molar-refractivity contribution in [2.24, 2.45) is 0 Å². The van der Waals surface area contributed by atoms with E-state index in [4.69, 9.17) is 8.94 Å². The highest BCUT2D eigenvalue weighted by atomic mass is 16.5. The molecule has 0 aromatic carbocycles. The lowest BCUT2D eigenvalue weighted by atomic mass is 10.0. The average molecular weight is 332 g/mol. The lowest BCUT2D eigenvalue weighted by Crippen LogP contribution is -2.45. The maximum atomic E-state index is 12.4. The summed E-state index contributed by atoms with van der Waals surface area (Å²) in [6, 6.07) is 2.07. The number of carbonyl (C=O) groups excluding carboxylic acids is 1. The number of carbonyl (C=O) groups is 1. The number of amides is 1. The van der Waals surface area contributed by atoms with Crippen molar-refractivity contribution in [1.29, 1.82) is 0 Å². The Morgan fingerprint density at radius 1 is 1.33 bits per heavy atom. The molecule has 2 aromatic rings. The van der Waals surface area contributed by atoms with E-state index in [2.05, 4.69) is 27.3 Å². The van der Waals surface area contributed by atoms with Crippen LogP contribution in [0.2, 0.25) is 0 Å². The Bertz CT molecular complexity index is 713. The summed E-state index contributed by atoms with van der Waals surface area (Å²) < 4.78 is 10.7. The second-order valence-corrected chi connectivity index (χ2v) is 6.47. The molecule has 1 saturated heterocycles. The highest BCUT2D eigenvalue weighted by Gasteiger charge is 2.27. The highest BCUT2D eigenvalue weighted by Crippen LogP contribution is 2.23. The Kier molecular flexibility index (Phi) is 4.71. The van der Waals surface area contributed by atoms with E-state index in [9.17, 15) is 4.79 Å². The topological polar surface area (TPSA) is 84.4 Å². The van der Waals surface area contributed by atoms with Gasteiger partial charge in [-0.3, -0.25) is 9.69 Å². The van der Waals surface area contributed by atoms with Crippen molar-refractivity contribution in [3.63, 3.8) is 0 Å². The van der Waals surface area contributed by atoms with Gasteiger partial charge in [-0.25, -0.2) is 0 Å². The van der Waals surface area contributed by atoms with E-state index in [1.54, 1.807) is 6.07 Å². The van der Waals surface area contributed by atoms with Crippen molar-refractivity contribution in [3.8, 4) is 0 Å². The molecule has 0 aliphatic carbocycles. The van der Waals surface area contributed by atoms with Crippen LogP contribution in [-0.4, -0.2) is 40.1 Å². The number of rotatable bonds is 4. The van der Waals surface area contributed by atoms with Crippen molar-refractivity contribution >= 4 is 5.91 Å². The molecule has 0 spiro atoms. The van der Waals surface area contributed by atoms with Gasteiger partial charge in [0, 0.05) is 19.1 Å². The zero-order valence-corrected chi connectivity index (χ0v) is 14.6. The molecule has 1 fully saturated rings. The van der Waals surface area contributed by atoms with Gasteiger partial charge in [0.05, 0.1) is 11.6 Å². The van der Waals surface area contributed by atoms with Crippen LogP contribution in [0.1, 0.15) is 59.4 Å². The molecule has 7 nitrogen and oxygen atoms in total. The van der Waals surface area contributed by atoms with Gasteiger partial charge in [0.1, 0.15) is 11.5 Å². The third-order valence-corrected chi connectivity index (χ3v) is 4.60. The fourth-order valence-electron chi connectivity index (χ4n) is 3.19. The average Bonchev–Trinajstić information content (AvgIpc) is 3.12. The number of nitrogens with one attached hydrogen (secondary N) is 1. The summed E-state index contributed by atoms with van der Waals surface area (Å²) in [6.45, 7) is 9.33. The maximum Gasteiger partial charge on any atom is 0.255 e. The van der Waals surface area contributed by atoms with Crippen LogP contribution in [0.3, 0.4) is 0 Å². The summed E-state index contributed by atoms with van der Waals surface area (Å²) in [5, 5.41) is 6.97. The van der Waals surface area contributed by atoms with E-state index in [-0.39, 0.29) is 18.0 Å². The summed E-state index contributed by atoms with van der Waals surface area (Å²) in [4.78, 5) is 19.0. The molecule has 1 amide bonds. The molecule has 7 heteroatoms. The van der Waals surface area contributed by atoms with Crippen LogP contribution in [0, 0.1) is 20.8 Å². The summed E-state index contributed by atoms with van der Waals surface area (Å²) >= 11 is 0. The summed E-state index contributed by atoms with van der Waals surface area (Å²) in [5.74, 6) is 2.69. The SMILES string of the molecule is Cc1noc([C@H](C)N2CCC(NC(=O)c3cc(C)oc3C)CC2)n1. The van der Waals surface area contributed by atoms with Crippen LogP contribution in [-0.2, 0) is 0 Å². The van der Waals surface area contributed by atoms with Crippen LogP contribution >= 0.6 is 0 Å². The molecular formula is C17H24N4O3. The minimum Gasteiger partial charge on any atom is -0.466 e. The molecule has 2 aromatic heterocycles. The Morgan fingerprint density at radius 2 is 2.04 bits per heavy atom. The van der Waals surface area contributed by atoms with Gasteiger partial charge < -0.3 is 14.3 Å². The molecule has 3 rings (SSSR count). The van der Waals surface area contributed by atoms with Gasteiger partial charge in [0.25, 0.3) is 5.91 Å². The maximum absolute atomic E-state index is 12.4. The molecule has 0 unspecified atom stereocenters. The highest BCUT2D eigenvalue weighted by molar-refractivity contribution is 5.95. The molecule has 24 heavy (non-hydrogen) atoms. The van der Waals surface area contributed by atoms with Crippen molar-refractivity contribution in [1.82, 2.24) is 20.4 Å². The molecule has 0 radical (unpaired) electrons. The van der Waals surface area contributed by atoms with Crippen LogP contribution < -0.4 is 5.32 Å². The third kappa shape index (κ3) is 3.51. The quantitative estimate of drug-likeness (QED) is 0.926. The predicted molar refractivity (Wildman–Crippen MR) is 87.7 cm³/mol. The van der Waals surface area contributed by atoms with E-state index >= 15 is 0 Å². The molecule has 130 valence electrons. The third-order valence-electron chi connectivity index (χ3n) is 4.60. The minimum absolute atomic E-state index is 0.0524. The van der Waals surface area contributed by atoms with Gasteiger partial charge in [0.2, 0.25) is 5.89 Å². The number of hydrogen-bond acceptors (Lipinski definition) is 6. The van der Waals surface area contributed by atoms with E-state index in [1.165, 1.54) is 0 Å². The van der Waals surface area contributed by atoms with Crippen LogP contribution in [0.4, 0.5) is 0 Å². The fraction of sp³-hybridized carbons (Fsp3) is 0.588. The van der Waals surface area contributed by atoms with Crippen molar-refractivity contribution in [2.45, 2.75) is 52.6 Å². The number of likely N-dealkylation sites (tertiary alicyclic amines) is 1. The zero-order chi connectivity index (χ0) is 17.3. The Hall–Kier alpha value is -2.15. The van der Waals surface area contributed by atoms with E-state index in [1.807, 2.05) is 20.8 Å². The van der Waals surface area contributed by atoms with Gasteiger partial charge in [0.15, 0.2) is 5.82 Å². The normalized spacial score (nSPS) is 17.8. The first-order valence-electron chi connectivity index (χ1n) is 8.36. The largest absolute Gasteiger partial charge is 0.466 e. The molecule has 1 N–H and O–H groups in total. The first-order chi connectivity index (χ1) is 11.4. The van der Waals surface area contributed by atoms with Gasteiger partial charge in [-0.2, -0.15) is 4.98 Å². The van der Waals surface area contributed by atoms with Crippen LogP contribution in [0.15, 0.2) is 15.0 Å². The smallest absolute Gasteiger partial charge is 0.255 e. The van der Waals surface area contributed by atoms with E-state index in [0.29, 0.717) is 23.0 Å². The molecular weight excluding hydrogens is 308 g/mol. The number of piperidine rings is 1. The molecule has 3 heterocycles. The summed E-state index contributed by atoms with van der Waals surface area (Å²) in [6.07, 6.45) is 1.80. The molecule has 1 aliphatic heterocycles. The number of nitrogens with zero attached hydrogens (tertiary/aromatic N) is 3. The van der Waals surface area contributed by atoms with E-state index < -0.39 is 0 Å². The summed E-state index contributed by atoms with van der Waals surface area (Å²) in [7, 11) is 0. The van der Waals surface area contributed by atoms with E-state index in [0.717, 1.165) is 31.7 Å². The van der Waals surface area contributed by atoms with Crippen molar-refractivity contribution in [2.75, 3.05) is 13.1 Å². The van der Waals surface area contributed by atoms with Gasteiger partial charge in [-0.15, -0.1) is 0 Å². The van der Waals surface area contributed by atoms with Gasteiger partial charge in [-0.05, 0) is 46.6 Å². The second-order valence-electron chi connectivity index (χ2n) is 6.47. The Morgan fingerprint density at radius 3 is 2.58 bits per heavy atom. The number of furan rings is 1. The number of hydrogen-bond donors (Lipinski definition) is 1. The monoisotopic (exact) mass is 332 g/mol. The molecule has 1 aliphatic rings. The van der Waals surface area contributed by atoms with Crippen molar-refractivity contribution < 1.29 is 13.7 Å². The molecule has 0 saturated carbocycles. The lowest BCUT2D eigenvalue weighted by molar-refractivity contribution is 0.0880. The van der Waals surface area contributed by atoms with Crippen LogP contribution in [0.5, 0.6) is 0 Å². The molecule has 1 atom stereocenters. The standard InChI is InChI=1S/C17H24N4O3/c1-10-9-15(12(3)23-10)16(22)19-14-5-7-21(8-6-14)11(2)17-18-13(4)20-24-17/h9,11,14H,5-8H2,1-4H3,(H,19,22)/t11-/m0/s1.